The molecule has 15 heavy (non-hydrogen) atoms. The lowest BCUT2D eigenvalue weighted by Crippen LogP contribution is -2.45. The van der Waals surface area contributed by atoms with Gasteiger partial charge < -0.3 is 10.1 Å². The Bertz CT molecular complexity index is 176. The first-order valence-corrected chi connectivity index (χ1v) is 6.34. The van der Waals surface area contributed by atoms with Crippen molar-refractivity contribution in [3.63, 3.8) is 0 Å². The van der Waals surface area contributed by atoms with Gasteiger partial charge in [0, 0.05) is 26.2 Å². The molecule has 0 bridgehead atoms. The Labute approximate surface area is 93.2 Å². The van der Waals surface area contributed by atoms with E-state index >= 15 is 0 Å². The predicted molar refractivity (Wildman–Crippen MR) is 62.1 cm³/mol. The molecule has 2 aliphatic rings. The summed E-state index contributed by atoms with van der Waals surface area (Å²) in [6.07, 6.45) is 5.54. The fourth-order valence-corrected chi connectivity index (χ4v) is 2.44. The highest BCUT2D eigenvalue weighted by Crippen LogP contribution is 2.31. The van der Waals surface area contributed by atoms with Crippen LogP contribution in [0.3, 0.4) is 0 Å². The van der Waals surface area contributed by atoms with Crippen molar-refractivity contribution in [2.45, 2.75) is 31.7 Å². The molecule has 1 N–H and O–H groups in total. The number of hydrogen-bond acceptors (Lipinski definition) is 3. The topological polar surface area (TPSA) is 24.5 Å². The van der Waals surface area contributed by atoms with E-state index in [9.17, 15) is 0 Å². The Balaban J connectivity index is 1.78. The van der Waals surface area contributed by atoms with E-state index in [1.807, 2.05) is 0 Å². The second kappa shape index (κ2) is 5.83. The van der Waals surface area contributed by atoms with E-state index in [1.54, 1.807) is 7.11 Å². The third kappa shape index (κ3) is 3.74. The van der Waals surface area contributed by atoms with E-state index in [1.165, 1.54) is 45.3 Å². The highest BCUT2D eigenvalue weighted by atomic mass is 16.5. The van der Waals surface area contributed by atoms with E-state index in [0.29, 0.717) is 0 Å². The average Bonchev–Trinajstić information content (AvgIpc) is 3.09. The monoisotopic (exact) mass is 212 g/mol. The van der Waals surface area contributed by atoms with Crippen LogP contribution in [0, 0.1) is 5.92 Å². The summed E-state index contributed by atoms with van der Waals surface area (Å²) in [6.45, 7) is 5.71. The Morgan fingerprint density at radius 3 is 2.53 bits per heavy atom. The number of hydrogen-bond donors (Lipinski definition) is 1. The zero-order valence-electron chi connectivity index (χ0n) is 9.87. The Hall–Kier alpha value is -0.120. The van der Waals surface area contributed by atoms with Gasteiger partial charge in [-0.2, -0.15) is 0 Å². The van der Waals surface area contributed by atoms with Crippen LogP contribution in [-0.2, 0) is 4.74 Å². The molecule has 0 radical (unpaired) electrons. The minimum atomic E-state index is 0.807. The Kier molecular flexibility index (Phi) is 4.42. The Morgan fingerprint density at radius 1 is 1.20 bits per heavy atom. The van der Waals surface area contributed by atoms with E-state index < -0.39 is 0 Å². The molecule has 0 spiro atoms. The number of nitrogens with one attached hydrogen (secondary N) is 1. The van der Waals surface area contributed by atoms with Gasteiger partial charge >= 0.3 is 0 Å². The molecule has 1 aliphatic carbocycles. The van der Waals surface area contributed by atoms with Crippen molar-refractivity contribution in [3.8, 4) is 0 Å². The summed E-state index contributed by atoms with van der Waals surface area (Å²) in [5, 5.41) is 3.44. The van der Waals surface area contributed by atoms with Gasteiger partial charge in [-0.05, 0) is 44.7 Å². The predicted octanol–water partition coefficient (Wildman–Crippen LogP) is 1.10. The van der Waals surface area contributed by atoms with E-state index in [2.05, 4.69) is 10.2 Å². The molecule has 88 valence electrons. The number of methoxy groups -OCH3 is 1. The quantitative estimate of drug-likeness (QED) is 0.713. The summed E-state index contributed by atoms with van der Waals surface area (Å²) >= 11 is 0. The lowest BCUT2D eigenvalue weighted by Gasteiger charge is -2.34. The van der Waals surface area contributed by atoms with Crippen molar-refractivity contribution in [1.29, 1.82) is 0 Å². The molecule has 3 nitrogen and oxygen atoms in total. The molecule has 0 aromatic heterocycles. The van der Waals surface area contributed by atoms with Gasteiger partial charge in [0.2, 0.25) is 0 Å². The van der Waals surface area contributed by atoms with Gasteiger partial charge in [0.25, 0.3) is 0 Å². The van der Waals surface area contributed by atoms with Gasteiger partial charge in [0.15, 0.2) is 0 Å². The highest BCUT2D eigenvalue weighted by molar-refractivity contribution is 4.83. The SMILES string of the molecule is COCCN(CC1CC1)C1CCNCC1. The van der Waals surface area contributed by atoms with Gasteiger partial charge in [0.05, 0.1) is 6.61 Å². The third-order valence-corrected chi connectivity index (χ3v) is 3.60. The van der Waals surface area contributed by atoms with Crippen LogP contribution >= 0.6 is 0 Å². The molecule has 0 aromatic rings. The summed E-state index contributed by atoms with van der Waals surface area (Å²) in [5.74, 6) is 0.997. The van der Waals surface area contributed by atoms with Crippen molar-refractivity contribution in [1.82, 2.24) is 10.2 Å². The minimum Gasteiger partial charge on any atom is -0.383 e. The van der Waals surface area contributed by atoms with Crippen molar-refractivity contribution >= 4 is 0 Å². The molecule has 2 rings (SSSR count). The van der Waals surface area contributed by atoms with Crippen LogP contribution in [-0.4, -0.2) is 50.8 Å². The highest BCUT2D eigenvalue weighted by Gasteiger charge is 2.28. The van der Waals surface area contributed by atoms with E-state index in [4.69, 9.17) is 4.74 Å². The maximum absolute atomic E-state index is 5.21. The summed E-state index contributed by atoms with van der Waals surface area (Å²) in [4.78, 5) is 2.67. The lowest BCUT2D eigenvalue weighted by molar-refractivity contribution is 0.101. The van der Waals surface area contributed by atoms with Crippen LogP contribution in [0.4, 0.5) is 0 Å². The largest absolute Gasteiger partial charge is 0.383 e. The fourth-order valence-electron chi connectivity index (χ4n) is 2.44. The van der Waals surface area contributed by atoms with Crippen molar-refractivity contribution in [3.05, 3.63) is 0 Å². The average molecular weight is 212 g/mol. The maximum Gasteiger partial charge on any atom is 0.0589 e. The van der Waals surface area contributed by atoms with Crippen molar-refractivity contribution < 1.29 is 4.74 Å². The van der Waals surface area contributed by atoms with Gasteiger partial charge in [-0.1, -0.05) is 0 Å². The number of rotatable bonds is 6. The molecule has 1 aliphatic heterocycles. The molecular weight excluding hydrogens is 188 g/mol. The first-order chi connectivity index (χ1) is 7.40. The van der Waals surface area contributed by atoms with Crippen LogP contribution in [0.25, 0.3) is 0 Å². The first kappa shape index (κ1) is 11.4. The third-order valence-electron chi connectivity index (χ3n) is 3.60. The van der Waals surface area contributed by atoms with Gasteiger partial charge in [0.1, 0.15) is 0 Å². The van der Waals surface area contributed by atoms with E-state index in [-0.39, 0.29) is 0 Å². The van der Waals surface area contributed by atoms with Gasteiger partial charge in [-0.25, -0.2) is 0 Å². The minimum absolute atomic E-state index is 0.807. The van der Waals surface area contributed by atoms with E-state index in [0.717, 1.165) is 25.1 Å². The van der Waals surface area contributed by atoms with Crippen LogP contribution in [0.2, 0.25) is 0 Å². The first-order valence-electron chi connectivity index (χ1n) is 6.34. The maximum atomic E-state index is 5.21. The summed E-state index contributed by atoms with van der Waals surface area (Å²) in [5.41, 5.74) is 0. The molecule has 2 fully saturated rings. The molecular formula is C12H24N2O. The lowest BCUT2D eigenvalue weighted by atomic mass is 10.0. The van der Waals surface area contributed by atoms with Crippen molar-refractivity contribution in [2.24, 2.45) is 5.92 Å². The molecule has 0 atom stereocenters. The molecule has 0 aromatic carbocycles. The van der Waals surface area contributed by atoms with Crippen LogP contribution in [0.15, 0.2) is 0 Å². The zero-order valence-corrected chi connectivity index (χ0v) is 9.87. The molecule has 1 heterocycles. The molecule has 0 unspecified atom stereocenters. The van der Waals surface area contributed by atoms with Crippen LogP contribution < -0.4 is 5.32 Å². The standard InChI is InChI=1S/C12H24N2O/c1-15-9-8-14(10-11-2-3-11)12-4-6-13-7-5-12/h11-13H,2-10H2,1H3. The van der Waals surface area contributed by atoms with Crippen LogP contribution in [0.5, 0.6) is 0 Å². The fraction of sp³-hybridized carbons (Fsp3) is 1.00. The van der Waals surface area contributed by atoms with Gasteiger partial charge in [-0.3, -0.25) is 4.90 Å². The molecule has 0 amide bonds. The second-order valence-corrected chi connectivity index (χ2v) is 4.91. The Morgan fingerprint density at radius 2 is 1.93 bits per heavy atom. The molecule has 3 heteroatoms. The summed E-state index contributed by atoms with van der Waals surface area (Å²) in [6, 6.07) is 0.807. The van der Waals surface area contributed by atoms with Crippen molar-refractivity contribution in [2.75, 3.05) is 39.9 Å². The number of nitrogens with zero attached hydrogens (tertiary/aromatic N) is 1. The molecule has 1 saturated carbocycles. The second-order valence-electron chi connectivity index (χ2n) is 4.91. The van der Waals surface area contributed by atoms with Crippen LogP contribution in [0.1, 0.15) is 25.7 Å². The van der Waals surface area contributed by atoms with Gasteiger partial charge in [-0.15, -0.1) is 0 Å². The normalized spacial score (nSPS) is 23.6. The number of ether oxygens (including phenoxy) is 1. The summed E-state index contributed by atoms with van der Waals surface area (Å²) < 4.78 is 5.21. The summed E-state index contributed by atoms with van der Waals surface area (Å²) in [7, 11) is 1.80. The molecule has 1 saturated heterocycles. The number of piperidine rings is 1. The zero-order chi connectivity index (χ0) is 10.5. The smallest absolute Gasteiger partial charge is 0.0589 e.